The average Bonchev–Trinajstić information content (AvgIpc) is 3.07. The second-order valence-corrected chi connectivity index (χ2v) is 8.01. The van der Waals surface area contributed by atoms with Gasteiger partial charge in [0, 0.05) is 18.5 Å². The number of nitrogens with zero attached hydrogens (tertiary/aromatic N) is 2. The number of hydrogen-bond acceptors (Lipinski definition) is 6. The Balaban J connectivity index is 0.000000426. The van der Waals surface area contributed by atoms with E-state index < -0.39 is 35.2 Å². The molecule has 0 radical (unpaired) electrons. The van der Waals surface area contributed by atoms with Gasteiger partial charge in [0.1, 0.15) is 12.2 Å². The molecule has 0 spiro atoms. The second kappa shape index (κ2) is 9.09. The van der Waals surface area contributed by atoms with E-state index in [0.717, 1.165) is 4.90 Å². The van der Waals surface area contributed by atoms with Gasteiger partial charge in [0.25, 0.3) is 0 Å². The van der Waals surface area contributed by atoms with Crippen LogP contribution >= 0.6 is 0 Å². The van der Waals surface area contributed by atoms with E-state index in [-0.39, 0.29) is 26.2 Å². The number of likely N-dealkylation sites (tertiary alicyclic amines) is 1. The molecule has 1 unspecified atom stereocenters. The minimum atomic E-state index is -0.968. The van der Waals surface area contributed by atoms with E-state index in [0.29, 0.717) is 0 Å². The van der Waals surface area contributed by atoms with Crippen LogP contribution in [0, 0.1) is 5.41 Å². The number of carbonyl (C=O) groups excluding carboxylic acids is 3. The highest BCUT2D eigenvalue weighted by Crippen LogP contribution is 2.36. The topological polar surface area (TPSA) is 102 Å². The lowest BCUT2D eigenvalue weighted by Gasteiger charge is -2.50. The third-order valence-corrected chi connectivity index (χ3v) is 4.61. The van der Waals surface area contributed by atoms with Crippen molar-refractivity contribution in [2.24, 2.45) is 11.1 Å². The second-order valence-electron chi connectivity index (χ2n) is 8.01. The summed E-state index contributed by atoms with van der Waals surface area (Å²) in [5, 5.41) is 0. The van der Waals surface area contributed by atoms with Gasteiger partial charge in [-0.1, -0.05) is 42.5 Å². The molecule has 2 aliphatic rings. The predicted octanol–water partition coefficient (Wildman–Crippen LogP) is 2.40. The molecule has 2 fully saturated rings. The number of benzene rings is 1. The Morgan fingerprint density at radius 2 is 1.72 bits per heavy atom. The van der Waals surface area contributed by atoms with E-state index in [1.165, 1.54) is 4.90 Å². The molecule has 2 N–H and O–H groups in total. The lowest BCUT2D eigenvalue weighted by atomic mass is 9.73. The quantitative estimate of drug-likeness (QED) is 0.778. The molecule has 0 saturated carbocycles. The van der Waals surface area contributed by atoms with Crippen LogP contribution in [0.25, 0.3) is 0 Å². The highest BCUT2D eigenvalue weighted by molar-refractivity contribution is 5.96. The van der Waals surface area contributed by atoms with Gasteiger partial charge in [0.2, 0.25) is 5.91 Å². The maximum Gasteiger partial charge on any atom is 0.416 e. The molecule has 3 rings (SSSR count). The summed E-state index contributed by atoms with van der Waals surface area (Å²) in [5.74, 6) is -0.517. The van der Waals surface area contributed by atoms with E-state index in [4.69, 9.17) is 15.2 Å². The largest absolute Gasteiger partial charge is 0.447 e. The Morgan fingerprint density at radius 3 is 2.10 bits per heavy atom. The molecule has 3 amide bonds. The van der Waals surface area contributed by atoms with Crippen molar-refractivity contribution in [1.29, 1.82) is 0 Å². The number of amides is 3. The van der Waals surface area contributed by atoms with Crippen molar-refractivity contribution in [2.45, 2.75) is 32.4 Å². The Morgan fingerprint density at radius 1 is 1.21 bits per heavy atom. The summed E-state index contributed by atoms with van der Waals surface area (Å²) in [4.78, 5) is 38.3. The fourth-order valence-corrected chi connectivity index (χ4v) is 2.97. The molecule has 0 bridgehead atoms. The molecule has 2 saturated heterocycles. The summed E-state index contributed by atoms with van der Waals surface area (Å²) in [5.41, 5.74) is 4.69. The van der Waals surface area contributed by atoms with Crippen LogP contribution in [0.4, 0.5) is 9.59 Å². The van der Waals surface area contributed by atoms with Crippen LogP contribution in [-0.2, 0) is 14.3 Å². The Labute approximate surface area is 171 Å². The first-order chi connectivity index (χ1) is 13.6. The SMILES string of the molecule is C=CC1(C(N)C(=O)N2CCOC2=O)CN(C(=O)OC(C)(C)C)C1.c1ccccc1. The molecule has 1 aromatic rings. The maximum absolute atomic E-state index is 12.4. The Bertz CT molecular complexity index is 712. The Kier molecular flexibility index (Phi) is 7.02. The van der Waals surface area contributed by atoms with Gasteiger partial charge in [-0.15, -0.1) is 6.58 Å². The standard InChI is InChI=1S/C15H23N3O5.C6H6/c1-5-15(8-17(9-15)12(20)23-14(2,3)4)10(16)11(19)18-6-7-22-13(18)21;1-2-4-6-5-3-1/h5,10H,1,6-9,16H2,2-4H3;1-6H. The molecule has 0 aliphatic carbocycles. The fraction of sp³-hybridized carbons (Fsp3) is 0.476. The average molecular weight is 403 g/mol. The zero-order valence-corrected chi connectivity index (χ0v) is 17.2. The summed E-state index contributed by atoms with van der Waals surface area (Å²) in [6.07, 6.45) is 0.417. The number of rotatable bonds is 3. The molecule has 2 aliphatic heterocycles. The number of hydrogen-bond donors (Lipinski definition) is 1. The number of nitrogens with two attached hydrogens (primary N) is 1. The van der Waals surface area contributed by atoms with Crippen LogP contribution in [0.1, 0.15) is 20.8 Å². The molecular formula is C21H29N3O5. The fourth-order valence-electron chi connectivity index (χ4n) is 2.97. The van der Waals surface area contributed by atoms with Gasteiger partial charge in [-0.3, -0.25) is 4.79 Å². The predicted molar refractivity (Wildman–Crippen MR) is 108 cm³/mol. The van der Waals surface area contributed by atoms with Crippen molar-refractivity contribution < 1.29 is 23.9 Å². The van der Waals surface area contributed by atoms with Crippen LogP contribution in [0.15, 0.2) is 49.1 Å². The molecule has 0 aromatic heterocycles. The van der Waals surface area contributed by atoms with E-state index in [1.807, 2.05) is 36.4 Å². The Hall–Kier alpha value is -2.87. The van der Waals surface area contributed by atoms with Gasteiger partial charge >= 0.3 is 12.2 Å². The molecule has 8 nitrogen and oxygen atoms in total. The van der Waals surface area contributed by atoms with E-state index in [2.05, 4.69) is 6.58 Å². The minimum absolute atomic E-state index is 0.169. The number of cyclic esters (lactones) is 1. The van der Waals surface area contributed by atoms with Gasteiger partial charge in [0.05, 0.1) is 12.6 Å². The van der Waals surface area contributed by atoms with E-state index in [1.54, 1.807) is 26.8 Å². The first kappa shape index (κ1) is 22.4. The molecular weight excluding hydrogens is 374 g/mol. The van der Waals surface area contributed by atoms with Crippen LogP contribution in [0.3, 0.4) is 0 Å². The van der Waals surface area contributed by atoms with Crippen LogP contribution in [0.5, 0.6) is 0 Å². The van der Waals surface area contributed by atoms with Gasteiger partial charge in [-0.25, -0.2) is 14.5 Å². The number of carbonyl (C=O) groups is 3. The van der Waals surface area contributed by atoms with Crippen LogP contribution in [0.2, 0.25) is 0 Å². The maximum atomic E-state index is 12.4. The first-order valence-corrected chi connectivity index (χ1v) is 9.45. The van der Waals surface area contributed by atoms with Crippen LogP contribution in [-0.4, -0.2) is 65.8 Å². The van der Waals surface area contributed by atoms with Crippen molar-refractivity contribution in [3.63, 3.8) is 0 Å². The first-order valence-electron chi connectivity index (χ1n) is 9.45. The van der Waals surface area contributed by atoms with Gasteiger partial charge in [0.15, 0.2) is 0 Å². The highest BCUT2D eigenvalue weighted by atomic mass is 16.6. The van der Waals surface area contributed by atoms with Crippen molar-refractivity contribution in [1.82, 2.24) is 9.80 Å². The van der Waals surface area contributed by atoms with Crippen LogP contribution < -0.4 is 5.73 Å². The normalized spacial score (nSPS) is 18.6. The molecule has 29 heavy (non-hydrogen) atoms. The highest BCUT2D eigenvalue weighted by Gasteiger charge is 2.52. The lowest BCUT2D eigenvalue weighted by molar-refractivity contribution is -0.134. The monoisotopic (exact) mass is 403 g/mol. The third kappa shape index (κ3) is 5.57. The molecule has 1 aromatic carbocycles. The van der Waals surface area contributed by atoms with Gasteiger partial charge in [-0.05, 0) is 20.8 Å². The van der Waals surface area contributed by atoms with E-state index in [9.17, 15) is 14.4 Å². The summed E-state index contributed by atoms with van der Waals surface area (Å²) in [6, 6.07) is 11.0. The number of ether oxygens (including phenoxy) is 2. The smallest absolute Gasteiger partial charge is 0.416 e. The van der Waals surface area contributed by atoms with Crippen molar-refractivity contribution in [3.05, 3.63) is 49.1 Å². The van der Waals surface area contributed by atoms with Gasteiger partial charge < -0.3 is 20.1 Å². The van der Waals surface area contributed by atoms with Crippen molar-refractivity contribution in [2.75, 3.05) is 26.2 Å². The van der Waals surface area contributed by atoms with Gasteiger partial charge in [-0.2, -0.15) is 0 Å². The molecule has 1 atom stereocenters. The minimum Gasteiger partial charge on any atom is -0.447 e. The zero-order valence-electron chi connectivity index (χ0n) is 17.2. The van der Waals surface area contributed by atoms with Crippen molar-refractivity contribution in [3.8, 4) is 0 Å². The van der Waals surface area contributed by atoms with Crippen molar-refractivity contribution >= 4 is 18.1 Å². The molecule has 8 heteroatoms. The lowest BCUT2D eigenvalue weighted by Crippen LogP contribution is -2.68. The summed E-state index contributed by atoms with van der Waals surface area (Å²) < 4.78 is 10.0. The summed E-state index contributed by atoms with van der Waals surface area (Å²) >= 11 is 0. The molecule has 158 valence electrons. The van der Waals surface area contributed by atoms with E-state index >= 15 is 0 Å². The number of imide groups is 1. The molecule has 2 heterocycles. The summed E-state index contributed by atoms with van der Waals surface area (Å²) in [6.45, 7) is 9.86. The summed E-state index contributed by atoms with van der Waals surface area (Å²) in [7, 11) is 0. The third-order valence-electron chi connectivity index (χ3n) is 4.61. The zero-order chi connectivity index (χ0) is 21.7.